The van der Waals surface area contributed by atoms with Crippen molar-refractivity contribution < 1.29 is 9.21 Å². The molecule has 1 saturated carbocycles. The summed E-state index contributed by atoms with van der Waals surface area (Å²) in [5, 5.41) is 10.2. The van der Waals surface area contributed by atoms with Gasteiger partial charge in [-0.2, -0.15) is 0 Å². The Labute approximate surface area is 159 Å². The fraction of sp³-hybridized carbons (Fsp3) is 0.278. The van der Waals surface area contributed by atoms with Gasteiger partial charge < -0.3 is 15.1 Å². The Morgan fingerprint density at radius 3 is 2.78 bits per heavy atom. The Kier molecular flexibility index (Phi) is 4.72. The lowest BCUT2D eigenvalue weighted by Crippen LogP contribution is -2.34. The van der Waals surface area contributed by atoms with Crippen molar-refractivity contribution in [2.24, 2.45) is 0 Å². The van der Waals surface area contributed by atoms with Gasteiger partial charge in [0.25, 0.3) is 0 Å². The van der Waals surface area contributed by atoms with Gasteiger partial charge in [0, 0.05) is 12.6 Å². The standard InChI is InChI=1S/C18H18ClN5O3/c19-13-4-1-2-5-14(13)21-17(25)20-9-10-23-18(26)24(12-7-8-12)16(22-23)15-6-3-11-27-15/h1-6,11-12H,7-10H2,(H2,20,21,25). The molecule has 0 radical (unpaired) electrons. The molecule has 1 aromatic carbocycles. The lowest BCUT2D eigenvalue weighted by molar-refractivity contribution is 0.251. The molecule has 9 heteroatoms. The second-order valence-corrected chi connectivity index (χ2v) is 6.68. The quantitative estimate of drug-likeness (QED) is 0.679. The Balaban J connectivity index is 1.41. The van der Waals surface area contributed by atoms with E-state index in [4.69, 9.17) is 16.0 Å². The lowest BCUT2D eigenvalue weighted by atomic mass is 10.3. The highest BCUT2D eigenvalue weighted by molar-refractivity contribution is 6.33. The minimum atomic E-state index is -0.399. The first kappa shape index (κ1) is 17.4. The van der Waals surface area contributed by atoms with E-state index in [2.05, 4.69) is 15.7 Å². The summed E-state index contributed by atoms with van der Waals surface area (Å²) in [6.07, 6.45) is 3.46. The molecule has 1 aliphatic rings. The number of benzene rings is 1. The van der Waals surface area contributed by atoms with Crippen LogP contribution in [0.4, 0.5) is 10.5 Å². The van der Waals surface area contributed by atoms with E-state index >= 15 is 0 Å². The molecule has 0 saturated heterocycles. The number of amides is 2. The molecule has 2 N–H and O–H groups in total. The van der Waals surface area contributed by atoms with Crippen LogP contribution in [0.15, 0.2) is 51.9 Å². The molecule has 0 atom stereocenters. The Bertz CT molecular complexity index is 1000. The molecule has 1 fully saturated rings. The van der Waals surface area contributed by atoms with Crippen LogP contribution in [-0.4, -0.2) is 26.9 Å². The molecular formula is C18H18ClN5O3. The van der Waals surface area contributed by atoms with Crippen molar-refractivity contribution >= 4 is 23.3 Å². The Morgan fingerprint density at radius 1 is 1.26 bits per heavy atom. The molecule has 0 bridgehead atoms. The minimum Gasteiger partial charge on any atom is -0.461 e. The molecule has 1 aliphatic carbocycles. The van der Waals surface area contributed by atoms with Crippen molar-refractivity contribution in [3.8, 4) is 11.6 Å². The SMILES string of the molecule is O=C(NCCn1nc(-c2ccco2)n(C2CC2)c1=O)Nc1ccccc1Cl. The highest BCUT2D eigenvalue weighted by atomic mass is 35.5. The van der Waals surface area contributed by atoms with Crippen molar-refractivity contribution in [1.29, 1.82) is 0 Å². The monoisotopic (exact) mass is 387 g/mol. The Morgan fingerprint density at radius 2 is 2.07 bits per heavy atom. The van der Waals surface area contributed by atoms with Crippen LogP contribution in [0.5, 0.6) is 0 Å². The number of nitrogens with zero attached hydrogens (tertiary/aromatic N) is 3. The topological polar surface area (TPSA) is 94.1 Å². The number of furan rings is 1. The molecule has 3 aromatic rings. The summed E-state index contributed by atoms with van der Waals surface area (Å²) >= 11 is 6.01. The molecule has 2 heterocycles. The van der Waals surface area contributed by atoms with Crippen molar-refractivity contribution in [1.82, 2.24) is 19.7 Å². The molecule has 0 unspecified atom stereocenters. The van der Waals surface area contributed by atoms with Gasteiger partial charge in [-0.25, -0.2) is 14.3 Å². The van der Waals surface area contributed by atoms with E-state index in [1.165, 1.54) is 4.68 Å². The summed E-state index contributed by atoms with van der Waals surface area (Å²) in [6.45, 7) is 0.498. The summed E-state index contributed by atoms with van der Waals surface area (Å²) in [4.78, 5) is 24.7. The zero-order valence-corrected chi connectivity index (χ0v) is 15.1. The van der Waals surface area contributed by atoms with Gasteiger partial charge in [0.15, 0.2) is 5.76 Å². The number of anilines is 1. The van der Waals surface area contributed by atoms with Crippen LogP contribution >= 0.6 is 11.6 Å². The van der Waals surface area contributed by atoms with Gasteiger partial charge in [0.1, 0.15) is 0 Å². The fourth-order valence-corrected chi connectivity index (χ4v) is 2.99. The van der Waals surface area contributed by atoms with Gasteiger partial charge in [0.05, 0.1) is 23.5 Å². The molecule has 140 valence electrons. The van der Waals surface area contributed by atoms with Gasteiger partial charge in [0.2, 0.25) is 5.82 Å². The third kappa shape index (κ3) is 3.75. The normalized spacial score (nSPS) is 13.5. The smallest absolute Gasteiger partial charge is 0.346 e. The van der Waals surface area contributed by atoms with E-state index in [0.29, 0.717) is 22.3 Å². The first-order chi connectivity index (χ1) is 13.1. The van der Waals surface area contributed by atoms with Crippen LogP contribution in [-0.2, 0) is 6.54 Å². The first-order valence-electron chi connectivity index (χ1n) is 8.66. The molecule has 0 aliphatic heterocycles. The number of hydrogen-bond donors (Lipinski definition) is 2. The summed E-state index contributed by atoms with van der Waals surface area (Å²) in [5.74, 6) is 1.08. The summed E-state index contributed by atoms with van der Waals surface area (Å²) < 4.78 is 8.42. The summed E-state index contributed by atoms with van der Waals surface area (Å²) in [7, 11) is 0. The zero-order chi connectivity index (χ0) is 18.8. The van der Waals surface area contributed by atoms with Crippen LogP contribution < -0.4 is 16.3 Å². The maximum absolute atomic E-state index is 12.7. The van der Waals surface area contributed by atoms with Crippen LogP contribution in [0.25, 0.3) is 11.6 Å². The average molecular weight is 388 g/mol. The molecule has 27 heavy (non-hydrogen) atoms. The van der Waals surface area contributed by atoms with Crippen molar-refractivity contribution in [2.45, 2.75) is 25.4 Å². The number of carbonyl (C=O) groups excluding carboxylic acids is 1. The number of hydrogen-bond acceptors (Lipinski definition) is 4. The van der Waals surface area contributed by atoms with E-state index in [9.17, 15) is 9.59 Å². The van der Waals surface area contributed by atoms with Crippen LogP contribution in [0, 0.1) is 0 Å². The van der Waals surface area contributed by atoms with E-state index in [0.717, 1.165) is 12.8 Å². The maximum atomic E-state index is 12.7. The van der Waals surface area contributed by atoms with Crippen LogP contribution in [0.3, 0.4) is 0 Å². The van der Waals surface area contributed by atoms with Gasteiger partial charge in [-0.15, -0.1) is 5.10 Å². The predicted molar refractivity (Wildman–Crippen MR) is 101 cm³/mol. The summed E-state index contributed by atoms with van der Waals surface area (Å²) in [5.41, 5.74) is 0.323. The first-order valence-corrected chi connectivity index (χ1v) is 9.04. The van der Waals surface area contributed by atoms with Crippen molar-refractivity contribution in [3.63, 3.8) is 0 Å². The number of para-hydroxylation sites is 1. The van der Waals surface area contributed by atoms with Crippen molar-refractivity contribution in [3.05, 3.63) is 58.2 Å². The maximum Gasteiger partial charge on any atom is 0.346 e. The Hall–Kier alpha value is -3.00. The third-order valence-corrected chi connectivity index (χ3v) is 4.58. The van der Waals surface area contributed by atoms with E-state index in [1.807, 2.05) is 0 Å². The number of carbonyl (C=O) groups is 1. The van der Waals surface area contributed by atoms with Gasteiger partial charge in [-0.1, -0.05) is 23.7 Å². The number of aromatic nitrogens is 3. The molecule has 2 aromatic heterocycles. The fourth-order valence-electron chi connectivity index (χ4n) is 2.81. The van der Waals surface area contributed by atoms with Crippen LogP contribution in [0.1, 0.15) is 18.9 Å². The molecule has 8 nitrogen and oxygen atoms in total. The van der Waals surface area contributed by atoms with Gasteiger partial charge in [-0.05, 0) is 37.1 Å². The molecule has 0 spiro atoms. The second kappa shape index (κ2) is 7.32. The number of halogens is 1. The third-order valence-electron chi connectivity index (χ3n) is 4.26. The second-order valence-electron chi connectivity index (χ2n) is 6.27. The molecular weight excluding hydrogens is 370 g/mol. The zero-order valence-electron chi connectivity index (χ0n) is 14.4. The number of urea groups is 1. The predicted octanol–water partition coefficient (Wildman–Crippen LogP) is 3.11. The molecule has 4 rings (SSSR count). The van der Waals surface area contributed by atoms with Crippen molar-refractivity contribution in [2.75, 3.05) is 11.9 Å². The van der Waals surface area contributed by atoms with E-state index < -0.39 is 6.03 Å². The van der Waals surface area contributed by atoms with E-state index in [1.54, 1.807) is 47.2 Å². The number of rotatable bonds is 6. The average Bonchev–Trinajstić information content (AvgIpc) is 3.23. The van der Waals surface area contributed by atoms with Gasteiger partial charge >= 0.3 is 11.7 Å². The van der Waals surface area contributed by atoms with E-state index in [-0.39, 0.29) is 24.8 Å². The van der Waals surface area contributed by atoms with Gasteiger partial charge in [-0.3, -0.25) is 4.57 Å². The highest BCUT2D eigenvalue weighted by Gasteiger charge is 2.31. The highest BCUT2D eigenvalue weighted by Crippen LogP contribution is 2.36. The lowest BCUT2D eigenvalue weighted by Gasteiger charge is -2.08. The van der Waals surface area contributed by atoms with Crippen LogP contribution in [0.2, 0.25) is 5.02 Å². The largest absolute Gasteiger partial charge is 0.461 e. The number of nitrogens with one attached hydrogen (secondary N) is 2. The molecule has 2 amide bonds. The summed E-state index contributed by atoms with van der Waals surface area (Å²) in [6, 6.07) is 10.3. The minimum absolute atomic E-state index is 0.169.